The van der Waals surface area contributed by atoms with E-state index in [4.69, 9.17) is 0 Å². The molecule has 0 aromatic heterocycles. The molecule has 2 heterocycles. The van der Waals surface area contributed by atoms with Crippen LogP contribution in [0.3, 0.4) is 0 Å². The SMILES string of the molecule is CC(C)CCN1C(=CC=CC2=[N+](CCC(C)C)c3ccc(C(F)(F)F)cc3C2(C)C)C(Cc2ccccc2)(Cc2ccccc2)c2cc(C(F)(F)F)ccc21. The largest absolute Gasteiger partial charge is 0.416 e. The minimum absolute atomic E-state index is 0.345. The van der Waals surface area contributed by atoms with E-state index in [1.165, 1.54) is 18.2 Å². The van der Waals surface area contributed by atoms with Crippen molar-refractivity contribution >= 4 is 17.1 Å². The number of hydrogen-bond donors (Lipinski definition) is 0. The molecule has 0 amide bonds. The third-order valence-corrected chi connectivity index (χ3v) is 11.2. The first kappa shape index (κ1) is 40.1. The van der Waals surface area contributed by atoms with Crippen molar-refractivity contribution in [1.29, 1.82) is 0 Å². The van der Waals surface area contributed by atoms with Crippen LogP contribution in [-0.2, 0) is 36.0 Å². The molecule has 4 aromatic carbocycles. The Kier molecular flexibility index (Phi) is 11.3. The van der Waals surface area contributed by atoms with Crippen LogP contribution in [0.2, 0.25) is 0 Å². The highest BCUT2D eigenvalue weighted by molar-refractivity contribution is 6.03. The lowest BCUT2D eigenvalue weighted by Crippen LogP contribution is -2.36. The summed E-state index contributed by atoms with van der Waals surface area (Å²) < 4.78 is 87.5. The van der Waals surface area contributed by atoms with Crippen molar-refractivity contribution in [3.63, 3.8) is 0 Å². The minimum Gasteiger partial charge on any atom is -0.344 e. The standard InChI is InChI=1S/C47H51F6N2/c1-32(2)24-26-54-40-22-20-36(46(48,49)50)28-38(40)44(5,6)42(54)18-13-19-43-45(30-34-14-9-7-10-15-34,31-35-16-11-8-12-17-35)39-29-37(47(51,52)53)21-23-41(39)55(43)27-25-33(3)4/h7-23,28-29,32-33H,24-27,30-31H2,1-6H3/q+1. The lowest BCUT2D eigenvalue weighted by atomic mass is 9.70. The van der Waals surface area contributed by atoms with Gasteiger partial charge in [-0.2, -0.15) is 30.9 Å². The zero-order valence-corrected chi connectivity index (χ0v) is 32.5. The van der Waals surface area contributed by atoms with Crippen molar-refractivity contribution in [2.24, 2.45) is 11.8 Å². The van der Waals surface area contributed by atoms with Crippen LogP contribution in [0.1, 0.15) is 87.8 Å². The van der Waals surface area contributed by atoms with E-state index in [1.807, 2.05) is 92.7 Å². The Bertz CT molecular complexity index is 2030. The molecule has 0 radical (unpaired) electrons. The van der Waals surface area contributed by atoms with Gasteiger partial charge < -0.3 is 4.90 Å². The van der Waals surface area contributed by atoms with Gasteiger partial charge in [0, 0.05) is 47.5 Å². The van der Waals surface area contributed by atoms with Gasteiger partial charge in [0.1, 0.15) is 6.54 Å². The number of allylic oxidation sites excluding steroid dienone is 4. The molecule has 0 unspecified atom stereocenters. The quantitative estimate of drug-likeness (QED) is 0.103. The normalized spacial score (nSPS) is 17.3. The lowest BCUT2D eigenvalue weighted by molar-refractivity contribution is -0.439. The smallest absolute Gasteiger partial charge is 0.344 e. The molecule has 4 aromatic rings. The maximum absolute atomic E-state index is 14.5. The molecule has 0 fully saturated rings. The molecule has 0 saturated carbocycles. The van der Waals surface area contributed by atoms with Gasteiger partial charge in [-0.1, -0.05) is 94.4 Å². The monoisotopic (exact) mass is 757 g/mol. The maximum Gasteiger partial charge on any atom is 0.416 e. The number of halogens is 6. The van der Waals surface area contributed by atoms with E-state index in [0.29, 0.717) is 48.9 Å². The van der Waals surface area contributed by atoms with Gasteiger partial charge in [0.15, 0.2) is 5.71 Å². The molecule has 2 nitrogen and oxygen atoms in total. The number of alkyl halides is 6. The van der Waals surface area contributed by atoms with Crippen LogP contribution in [0, 0.1) is 11.8 Å². The molecule has 0 atom stereocenters. The van der Waals surface area contributed by atoms with Crippen LogP contribution in [0.4, 0.5) is 37.7 Å². The molecule has 0 spiro atoms. The summed E-state index contributed by atoms with van der Waals surface area (Å²) in [6, 6.07) is 28.0. The summed E-state index contributed by atoms with van der Waals surface area (Å²) >= 11 is 0. The van der Waals surface area contributed by atoms with Gasteiger partial charge in [0.05, 0.1) is 16.5 Å². The van der Waals surface area contributed by atoms with Crippen molar-refractivity contribution in [3.8, 4) is 0 Å². The van der Waals surface area contributed by atoms with Crippen LogP contribution in [0.15, 0.2) is 121 Å². The predicted octanol–water partition coefficient (Wildman–Crippen LogP) is 12.9. The second kappa shape index (κ2) is 15.5. The molecule has 2 aliphatic rings. The van der Waals surface area contributed by atoms with Gasteiger partial charge in [-0.05, 0) is 98.0 Å². The molecule has 290 valence electrons. The minimum atomic E-state index is -4.53. The third-order valence-electron chi connectivity index (χ3n) is 11.2. The fourth-order valence-electron chi connectivity index (χ4n) is 8.27. The predicted molar refractivity (Wildman–Crippen MR) is 211 cm³/mol. The molecule has 0 bridgehead atoms. The van der Waals surface area contributed by atoms with Crippen molar-refractivity contribution in [2.75, 3.05) is 18.0 Å². The summed E-state index contributed by atoms with van der Waals surface area (Å²) in [4.78, 5) is 2.21. The van der Waals surface area contributed by atoms with Crippen LogP contribution in [0.25, 0.3) is 0 Å². The van der Waals surface area contributed by atoms with E-state index >= 15 is 0 Å². The Morgan fingerprint density at radius 2 is 1.20 bits per heavy atom. The van der Waals surface area contributed by atoms with E-state index < -0.39 is 34.3 Å². The van der Waals surface area contributed by atoms with Gasteiger partial charge in [-0.15, -0.1) is 0 Å². The van der Waals surface area contributed by atoms with E-state index in [-0.39, 0.29) is 0 Å². The summed E-state index contributed by atoms with van der Waals surface area (Å²) in [6.07, 6.45) is -0.401. The van der Waals surface area contributed by atoms with E-state index in [0.717, 1.165) is 52.8 Å². The molecule has 55 heavy (non-hydrogen) atoms. The summed E-state index contributed by atoms with van der Waals surface area (Å²) in [5.41, 5.74) is 3.58. The van der Waals surface area contributed by atoms with Crippen LogP contribution < -0.4 is 4.90 Å². The number of hydrogen-bond acceptors (Lipinski definition) is 1. The van der Waals surface area contributed by atoms with Crippen LogP contribution in [-0.4, -0.2) is 23.4 Å². The Labute approximate surface area is 321 Å². The zero-order chi connectivity index (χ0) is 39.8. The van der Waals surface area contributed by atoms with E-state index in [1.54, 1.807) is 12.1 Å². The Morgan fingerprint density at radius 3 is 1.73 bits per heavy atom. The summed E-state index contributed by atoms with van der Waals surface area (Å²) in [5, 5.41) is 0. The zero-order valence-electron chi connectivity index (χ0n) is 32.5. The topological polar surface area (TPSA) is 6.25 Å². The molecule has 0 aliphatic carbocycles. The fraction of sp³-hybridized carbons (Fsp3) is 0.383. The maximum atomic E-state index is 14.5. The van der Waals surface area contributed by atoms with Crippen molar-refractivity contribution in [1.82, 2.24) is 0 Å². The van der Waals surface area contributed by atoms with Crippen LogP contribution in [0.5, 0.6) is 0 Å². The average molecular weight is 758 g/mol. The molecular weight excluding hydrogens is 707 g/mol. The van der Waals surface area contributed by atoms with Crippen molar-refractivity contribution in [3.05, 3.63) is 154 Å². The van der Waals surface area contributed by atoms with Crippen molar-refractivity contribution < 1.29 is 30.9 Å². The second-order valence-electron chi connectivity index (χ2n) is 16.5. The number of anilines is 1. The highest BCUT2D eigenvalue weighted by Crippen LogP contribution is 2.53. The fourth-order valence-corrected chi connectivity index (χ4v) is 8.27. The lowest BCUT2D eigenvalue weighted by Gasteiger charge is -2.35. The van der Waals surface area contributed by atoms with Crippen molar-refractivity contribution in [2.45, 2.75) is 90.4 Å². The van der Waals surface area contributed by atoms with Crippen LogP contribution >= 0.6 is 0 Å². The number of rotatable bonds is 12. The highest BCUT2D eigenvalue weighted by Gasteiger charge is 2.49. The first-order chi connectivity index (χ1) is 25.9. The Morgan fingerprint density at radius 1 is 0.673 bits per heavy atom. The Hall–Kier alpha value is -4.59. The van der Waals surface area contributed by atoms with Gasteiger partial charge in [-0.25, -0.2) is 0 Å². The summed E-state index contributed by atoms with van der Waals surface area (Å²) in [5.74, 6) is 0.719. The van der Waals surface area contributed by atoms with Gasteiger partial charge in [-0.3, -0.25) is 0 Å². The molecule has 2 aliphatic heterocycles. The molecule has 0 N–H and O–H groups in total. The summed E-state index contributed by atoms with van der Waals surface area (Å²) in [7, 11) is 0. The highest BCUT2D eigenvalue weighted by atomic mass is 19.4. The van der Waals surface area contributed by atoms with Gasteiger partial charge in [0.25, 0.3) is 0 Å². The number of benzene rings is 4. The first-order valence-electron chi connectivity index (χ1n) is 19.2. The van der Waals surface area contributed by atoms with E-state index in [2.05, 4.69) is 37.2 Å². The molecule has 8 heteroatoms. The number of fused-ring (bicyclic) bond motifs is 2. The number of nitrogens with zero attached hydrogens (tertiary/aromatic N) is 2. The Balaban J connectivity index is 1.58. The first-order valence-corrected chi connectivity index (χ1v) is 19.2. The van der Waals surface area contributed by atoms with E-state index in [9.17, 15) is 26.3 Å². The summed E-state index contributed by atoms with van der Waals surface area (Å²) in [6.45, 7) is 13.7. The third kappa shape index (κ3) is 8.34. The second-order valence-corrected chi connectivity index (χ2v) is 16.5. The van der Waals surface area contributed by atoms with Gasteiger partial charge in [0.2, 0.25) is 5.69 Å². The molecule has 0 saturated heterocycles. The molecular formula is C47H51F6N2+. The average Bonchev–Trinajstić information content (AvgIpc) is 3.49. The molecule has 6 rings (SSSR count). The van der Waals surface area contributed by atoms with Gasteiger partial charge >= 0.3 is 12.4 Å².